The molecule has 18 heavy (non-hydrogen) atoms. The van der Waals surface area contributed by atoms with Crippen molar-refractivity contribution in [1.29, 1.82) is 0 Å². The van der Waals surface area contributed by atoms with Gasteiger partial charge in [-0.1, -0.05) is 37.3 Å². The molecule has 3 rings (SSSR count). The molecule has 0 saturated carbocycles. The second-order valence-electron chi connectivity index (χ2n) is 5.28. The topological polar surface area (TPSA) is 35.5 Å². The molecule has 2 bridgehead atoms. The summed E-state index contributed by atoms with van der Waals surface area (Å²) in [5.74, 6) is 0.415. The summed E-state index contributed by atoms with van der Waals surface area (Å²) in [6.07, 6.45) is 1.40. The first-order chi connectivity index (χ1) is 8.74. The van der Waals surface area contributed by atoms with Crippen LogP contribution in [0.5, 0.6) is 0 Å². The molecule has 0 radical (unpaired) electrons. The number of Topliss-reactive ketones (excluding diaryl/α,β-unsaturated/α-hetero) is 1. The van der Waals surface area contributed by atoms with Crippen LogP contribution in [0.2, 0.25) is 0 Å². The molecule has 0 spiro atoms. The van der Waals surface area contributed by atoms with Crippen molar-refractivity contribution < 1.29 is 14.3 Å². The van der Waals surface area contributed by atoms with Gasteiger partial charge in [-0.15, -0.1) is 0 Å². The van der Waals surface area contributed by atoms with E-state index in [1.54, 1.807) is 0 Å². The summed E-state index contributed by atoms with van der Waals surface area (Å²) in [5, 5.41) is 0. The summed E-state index contributed by atoms with van der Waals surface area (Å²) in [4.78, 5) is 11.7. The molecule has 1 aromatic rings. The number of ether oxygens (including phenoxy) is 2. The number of rotatable bonds is 3. The molecule has 2 aliphatic rings. The van der Waals surface area contributed by atoms with Crippen LogP contribution in [0.1, 0.15) is 25.3 Å². The minimum Gasteiger partial charge on any atom is -0.373 e. The Hall–Kier alpha value is -1.19. The summed E-state index contributed by atoms with van der Waals surface area (Å²) in [5.41, 5.74) is 1.18. The summed E-state index contributed by atoms with van der Waals surface area (Å²) < 4.78 is 11.7. The smallest absolute Gasteiger partial charge is 0.164 e. The van der Waals surface area contributed by atoms with Crippen molar-refractivity contribution >= 4 is 5.78 Å². The van der Waals surface area contributed by atoms with Gasteiger partial charge in [0.2, 0.25) is 0 Å². The minimum absolute atomic E-state index is 0.0828. The van der Waals surface area contributed by atoms with Gasteiger partial charge in [-0.25, -0.2) is 0 Å². The van der Waals surface area contributed by atoms with Crippen LogP contribution >= 0.6 is 0 Å². The van der Waals surface area contributed by atoms with Gasteiger partial charge in [-0.2, -0.15) is 0 Å². The highest BCUT2D eigenvalue weighted by atomic mass is 16.5. The summed E-state index contributed by atoms with van der Waals surface area (Å²) >= 11 is 0. The molecular weight excluding hydrogens is 228 g/mol. The molecule has 0 N–H and O–H groups in total. The maximum atomic E-state index is 11.7. The zero-order valence-corrected chi connectivity index (χ0v) is 10.5. The molecule has 2 aliphatic heterocycles. The van der Waals surface area contributed by atoms with Crippen molar-refractivity contribution in [3.8, 4) is 0 Å². The lowest BCUT2D eigenvalue weighted by Gasteiger charge is -2.33. The summed E-state index contributed by atoms with van der Waals surface area (Å²) in [7, 11) is 0. The Bertz CT molecular complexity index is 429. The van der Waals surface area contributed by atoms with Gasteiger partial charge in [0.1, 0.15) is 6.10 Å². The highest BCUT2D eigenvalue weighted by molar-refractivity contribution is 5.86. The zero-order chi connectivity index (χ0) is 12.5. The Morgan fingerprint density at radius 3 is 2.89 bits per heavy atom. The molecule has 4 atom stereocenters. The molecule has 0 aliphatic carbocycles. The van der Waals surface area contributed by atoms with Crippen molar-refractivity contribution in [1.82, 2.24) is 0 Å². The molecule has 1 aromatic carbocycles. The molecule has 3 heteroatoms. The fourth-order valence-electron chi connectivity index (χ4n) is 2.89. The molecular formula is C15H18O3. The molecule has 3 nitrogen and oxygen atoms in total. The fraction of sp³-hybridized carbons (Fsp3) is 0.533. The van der Waals surface area contributed by atoms with Crippen molar-refractivity contribution in [2.75, 3.05) is 0 Å². The van der Waals surface area contributed by atoms with Crippen LogP contribution in [-0.2, 0) is 20.9 Å². The largest absolute Gasteiger partial charge is 0.373 e. The van der Waals surface area contributed by atoms with Gasteiger partial charge in [0, 0.05) is 18.8 Å². The van der Waals surface area contributed by atoms with Gasteiger partial charge in [0.25, 0.3) is 0 Å². The number of benzene rings is 1. The van der Waals surface area contributed by atoms with Crippen LogP contribution < -0.4 is 0 Å². The third-order valence-corrected chi connectivity index (χ3v) is 3.95. The van der Waals surface area contributed by atoms with E-state index in [0.717, 1.165) is 6.42 Å². The van der Waals surface area contributed by atoms with Crippen LogP contribution in [0.15, 0.2) is 30.3 Å². The van der Waals surface area contributed by atoms with Gasteiger partial charge in [-0.3, -0.25) is 4.79 Å². The second kappa shape index (κ2) is 4.82. The van der Waals surface area contributed by atoms with E-state index in [0.29, 0.717) is 13.0 Å². The van der Waals surface area contributed by atoms with Crippen molar-refractivity contribution in [3.63, 3.8) is 0 Å². The van der Waals surface area contributed by atoms with E-state index in [1.807, 2.05) is 18.2 Å². The molecule has 96 valence electrons. The monoisotopic (exact) mass is 246 g/mol. The van der Waals surface area contributed by atoms with E-state index < -0.39 is 0 Å². The Labute approximate surface area is 107 Å². The maximum Gasteiger partial charge on any atom is 0.164 e. The lowest BCUT2D eigenvalue weighted by molar-refractivity contribution is -0.141. The van der Waals surface area contributed by atoms with E-state index in [2.05, 4.69) is 19.1 Å². The molecule has 2 saturated heterocycles. The molecule has 0 amide bonds. The highest BCUT2D eigenvalue weighted by Gasteiger charge is 2.46. The van der Waals surface area contributed by atoms with Gasteiger partial charge >= 0.3 is 0 Å². The average Bonchev–Trinajstić information content (AvgIpc) is 2.71. The quantitative estimate of drug-likeness (QED) is 0.821. The van der Waals surface area contributed by atoms with Gasteiger partial charge in [0.15, 0.2) is 5.78 Å². The third kappa shape index (κ3) is 2.20. The number of carbonyl (C=O) groups is 1. The number of hydrogen-bond acceptors (Lipinski definition) is 3. The Kier molecular flexibility index (Phi) is 3.18. The highest BCUT2D eigenvalue weighted by Crippen LogP contribution is 2.36. The van der Waals surface area contributed by atoms with Crippen LogP contribution in [0.4, 0.5) is 0 Å². The predicted molar refractivity (Wildman–Crippen MR) is 67.1 cm³/mol. The third-order valence-electron chi connectivity index (χ3n) is 3.95. The predicted octanol–water partition coefficient (Wildman–Crippen LogP) is 2.34. The van der Waals surface area contributed by atoms with Gasteiger partial charge in [0.05, 0.1) is 18.8 Å². The molecule has 2 heterocycles. The lowest BCUT2D eigenvalue weighted by atomic mass is 9.94. The lowest BCUT2D eigenvalue weighted by Crippen LogP contribution is -2.40. The fourth-order valence-corrected chi connectivity index (χ4v) is 2.89. The number of fused-ring (bicyclic) bond motifs is 2. The van der Waals surface area contributed by atoms with Crippen LogP contribution in [0, 0.1) is 5.92 Å². The summed E-state index contributed by atoms with van der Waals surface area (Å²) in [6.45, 7) is 2.67. The first-order valence-corrected chi connectivity index (χ1v) is 6.58. The average molecular weight is 246 g/mol. The maximum absolute atomic E-state index is 11.7. The molecule has 2 fully saturated rings. The minimum atomic E-state index is -0.232. The Morgan fingerprint density at radius 1 is 1.33 bits per heavy atom. The molecule has 0 unspecified atom stereocenters. The standard InChI is InChI=1S/C15H18O3/c1-10-14(8-12-7-13(16)15(10)18-12)17-9-11-5-3-2-4-6-11/h2-6,10,12,14-15H,7-9H2,1H3/t10-,12+,14+,15+/m0/s1. The summed E-state index contributed by atoms with van der Waals surface area (Å²) in [6, 6.07) is 10.1. The van der Waals surface area contributed by atoms with Gasteiger partial charge < -0.3 is 9.47 Å². The first-order valence-electron chi connectivity index (χ1n) is 6.58. The van der Waals surface area contributed by atoms with Crippen LogP contribution in [0.3, 0.4) is 0 Å². The normalized spacial score (nSPS) is 34.8. The van der Waals surface area contributed by atoms with E-state index >= 15 is 0 Å². The second-order valence-corrected chi connectivity index (χ2v) is 5.28. The zero-order valence-electron chi connectivity index (χ0n) is 10.5. The Balaban J connectivity index is 1.62. The SMILES string of the molecule is C[C@H]1[C@H](OCc2ccccc2)C[C@H]2CC(=O)[C@@H]1O2. The number of hydrogen-bond donors (Lipinski definition) is 0. The van der Waals surface area contributed by atoms with E-state index in [-0.39, 0.29) is 30.0 Å². The van der Waals surface area contributed by atoms with Crippen molar-refractivity contribution in [2.24, 2.45) is 5.92 Å². The molecule has 0 aromatic heterocycles. The van der Waals surface area contributed by atoms with Crippen LogP contribution in [0.25, 0.3) is 0 Å². The Morgan fingerprint density at radius 2 is 2.11 bits per heavy atom. The van der Waals surface area contributed by atoms with Gasteiger partial charge in [-0.05, 0) is 5.56 Å². The van der Waals surface area contributed by atoms with E-state index in [9.17, 15) is 4.79 Å². The first kappa shape index (κ1) is 11.9. The number of ketones is 1. The van der Waals surface area contributed by atoms with Crippen molar-refractivity contribution in [2.45, 2.75) is 44.7 Å². The number of carbonyl (C=O) groups excluding carboxylic acids is 1. The van der Waals surface area contributed by atoms with Crippen LogP contribution in [-0.4, -0.2) is 24.1 Å². The van der Waals surface area contributed by atoms with E-state index in [1.165, 1.54) is 5.56 Å². The van der Waals surface area contributed by atoms with E-state index in [4.69, 9.17) is 9.47 Å². The van der Waals surface area contributed by atoms with Crippen molar-refractivity contribution in [3.05, 3.63) is 35.9 Å².